The fraction of sp³-hybridized carbons (Fsp3) is 0.455. The molecule has 6 nitrogen and oxygen atoms in total. The normalized spacial score (nSPS) is 18.8. The van der Waals surface area contributed by atoms with Gasteiger partial charge in [0.15, 0.2) is 0 Å². The molecular formula is C22H25BF3N3O3. The van der Waals surface area contributed by atoms with Crippen molar-refractivity contribution in [2.24, 2.45) is 0 Å². The summed E-state index contributed by atoms with van der Waals surface area (Å²) in [5.74, 6) is 0.257. The van der Waals surface area contributed by atoms with E-state index in [0.29, 0.717) is 16.7 Å². The fourth-order valence-electron chi connectivity index (χ4n) is 3.58. The number of imidazole rings is 1. The summed E-state index contributed by atoms with van der Waals surface area (Å²) in [6.07, 6.45) is -2.09. The van der Waals surface area contributed by atoms with E-state index in [0.717, 1.165) is 4.57 Å². The van der Waals surface area contributed by atoms with Crippen molar-refractivity contribution in [2.75, 3.05) is 0 Å². The Morgan fingerprint density at radius 3 is 2.38 bits per heavy atom. The topological polar surface area (TPSA) is 58.4 Å². The summed E-state index contributed by atoms with van der Waals surface area (Å²) >= 11 is 0. The fourth-order valence-corrected chi connectivity index (χ4v) is 3.58. The second-order valence-corrected chi connectivity index (χ2v) is 8.98. The summed E-state index contributed by atoms with van der Waals surface area (Å²) in [6, 6.07) is 8.76. The maximum atomic E-state index is 13.2. The molecular weight excluding hydrogens is 422 g/mol. The highest BCUT2D eigenvalue weighted by Crippen LogP contribution is 2.38. The number of ether oxygens (including phenoxy) is 1. The molecule has 0 amide bonds. The molecule has 0 N–H and O–H groups in total. The van der Waals surface area contributed by atoms with Gasteiger partial charge in [-0.3, -0.25) is 4.98 Å². The number of alkyl halides is 3. The van der Waals surface area contributed by atoms with E-state index >= 15 is 0 Å². The smallest absolute Gasteiger partial charge is 0.482 e. The van der Waals surface area contributed by atoms with Gasteiger partial charge in [-0.2, -0.15) is 13.2 Å². The number of rotatable bonds is 5. The van der Waals surface area contributed by atoms with E-state index in [1.807, 2.05) is 33.8 Å². The van der Waals surface area contributed by atoms with E-state index < -0.39 is 37.1 Å². The number of hydrogen-bond acceptors (Lipinski definition) is 5. The van der Waals surface area contributed by atoms with Crippen LogP contribution in [0.3, 0.4) is 0 Å². The lowest BCUT2D eigenvalue weighted by atomic mass is 9.78. The van der Waals surface area contributed by atoms with Crippen molar-refractivity contribution in [1.82, 2.24) is 14.5 Å². The summed E-state index contributed by atoms with van der Waals surface area (Å²) in [7, 11) is -0.704. The van der Waals surface area contributed by atoms with Crippen LogP contribution in [0.1, 0.15) is 46.4 Å². The first-order valence-corrected chi connectivity index (χ1v) is 10.3. The standard InChI is InChI=1S/C22H25BF3N3O3/c1-14(16-8-6-7-9-27-16)30-18-11-15(23-31-20(2,3)21(4,5)32-23)10-17-19(18)29(13-28-17)12-22(24,25)26/h6-11,13-14H,12H2,1-5H3/t14-/m1/s1. The molecule has 0 spiro atoms. The molecule has 32 heavy (non-hydrogen) atoms. The van der Waals surface area contributed by atoms with Crippen LogP contribution in [-0.4, -0.2) is 39.0 Å². The molecule has 1 aromatic carbocycles. The van der Waals surface area contributed by atoms with Crippen molar-refractivity contribution in [3.63, 3.8) is 0 Å². The van der Waals surface area contributed by atoms with Gasteiger partial charge in [0.25, 0.3) is 0 Å². The molecule has 170 valence electrons. The van der Waals surface area contributed by atoms with E-state index in [9.17, 15) is 13.2 Å². The molecule has 1 aliphatic rings. The largest absolute Gasteiger partial charge is 0.495 e. The lowest BCUT2D eigenvalue weighted by molar-refractivity contribution is -0.140. The van der Waals surface area contributed by atoms with Crippen molar-refractivity contribution in [3.8, 4) is 5.75 Å². The van der Waals surface area contributed by atoms with Crippen LogP contribution in [0, 0.1) is 0 Å². The highest BCUT2D eigenvalue weighted by Gasteiger charge is 2.52. The Morgan fingerprint density at radius 2 is 1.78 bits per heavy atom. The molecule has 1 aliphatic heterocycles. The molecule has 0 radical (unpaired) electrons. The van der Waals surface area contributed by atoms with Gasteiger partial charge in [-0.1, -0.05) is 6.07 Å². The number of hydrogen-bond donors (Lipinski definition) is 0. The Kier molecular flexibility index (Phi) is 5.49. The number of halogens is 3. The summed E-state index contributed by atoms with van der Waals surface area (Å²) in [5.41, 5.74) is 0.769. The SMILES string of the molecule is C[C@@H](Oc1cc(B2OC(C)(C)C(C)(C)O2)cc2ncn(CC(F)(F)F)c12)c1ccccn1. The number of fused-ring (bicyclic) bond motifs is 1. The van der Waals surface area contributed by atoms with E-state index in [1.54, 1.807) is 37.4 Å². The van der Waals surface area contributed by atoms with Gasteiger partial charge in [0.2, 0.25) is 0 Å². The van der Waals surface area contributed by atoms with Crippen molar-refractivity contribution < 1.29 is 27.2 Å². The molecule has 4 rings (SSSR count). The molecule has 1 atom stereocenters. The van der Waals surface area contributed by atoms with E-state index in [1.165, 1.54) is 6.33 Å². The molecule has 1 fully saturated rings. The number of nitrogens with zero attached hydrogens (tertiary/aromatic N) is 3. The quantitative estimate of drug-likeness (QED) is 0.542. The summed E-state index contributed by atoms with van der Waals surface area (Å²) in [4.78, 5) is 8.49. The lowest BCUT2D eigenvalue weighted by Crippen LogP contribution is -2.41. The maximum Gasteiger partial charge on any atom is 0.495 e. The average molecular weight is 447 g/mol. The van der Waals surface area contributed by atoms with Gasteiger partial charge in [0, 0.05) is 6.20 Å². The van der Waals surface area contributed by atoms with Crippen LogP contribution in [0.25, 0.3) is 11.0 Å². The predicted octanol–water partition coefficient (Wildman–Crippen LogP) is 4.43. The van der Waals surface area contributed by atoms with Crippen LogP contribution in [0.2, 0.25) is 0 Å². The Morgan fingerprint density at radius 1 is 1.09 bits per heavy atom. The van der Waals surface area contributed by atoms with Gasteiger partial charge in [0.05, 0.1) is 28.7 Å². The van der Waals surface area contributed by atoms with Gasteiger partial charge < -0.3 is 18.6 Å². The minimum atomic E-state index is -4.40. The molecule has 1 saturated heterocycles. The highest BCUT2D eigenvalue weighted by atomic mass is 19.4. The zero-order valence-corrected chi connectivity index (χ0v) is 18.6. The lowest BCUT2D eigenvalue weighted by Gasteiger charge is -2.32. The molecule has 3 heterocycles. The predicted molar refractivity (Wildman–Crippen MR) is 115 cm³/mol. The third-order valence-corrected chi connectivity index (χ3v) is 5.98. The first kappa shape index (κ1) is 22.6. The molecule has 2 aromatic heterocycles. The highest BCUT2D eigenvalue weighted by molar-refractivity contribution is 6.62. The first-order chi connectivity index (χ1) is 14.9. The Bertz CT molecular complexity index is 1100. The molecule has 10 heteroatoms. The molecule has 0 unspecified atom stereocenters. The van der Waals surface area contributed by atoms with Crippen LogP contribution >= 0.6 is 0 Å². The minimum absolute atomic E-state index is 0.255. The van der Waals surface area contributed by atoms with E-state index in [2.05, 4.69) is 9.97 Å². The Balaban J connectivity index is 1.78. The van der Waals surface area contributed by atoms with Crippen molar-refractivity contribution in [2.45, 2.75) is 64.6 Å². The average Bonchev–Trinajstić information content (AvgIpc) is 3.18. The zero-order valence-electron chi connectivity index (χ0n) is 18.6. The monoisotopic (exact) mass is 447 g/mol. The Hall–Kier alpha value is -2.59. The Labute approximate surface area is 184 Å². The van der Waals surface area contributed by atoms with Crippen molar-refractivity contribution >= 4 is 23.6 Å². The first-order valence-electron chi connectivity index (χ1n) is 10.3. The third kappa shape index (κ3) is 4.34. The number of aromatic nitrogens is 3. The van der Waals surface area contributed by atoms with Crippen LogP contribution in [0.15, 0.2) is 42.9 Å². The van der Waals surface area contributed by atoms with Gasteiger partial charge in [-0.05, 0) is 64.3 Å². The van der Waals surface area contributed by atoms with Gasteiger partial charge in [-0.25, -0.2) is 4.98 Å². The second-order valence-electron chi connectivity index (χ2n) is 8.98. The van der Waals surface area contributed by atoms with E-state index in [-0.39, 0.29) is 11.3 Å². The molecule has 3 aromatic rings. The van der Waals surface area contributed by atoms with Crippen LogP contribution < -0.4 is 10.2 Å². The second kappa shape index (κ2) is 7.77. The number of pyridine rings is 1. The van der Waals surface area contributed by atoms with E-state index in [4.69, 9.17) is 14.0 Å². The van der Waals surface area contributed by atoms with Crippen LogP contribution in [0.4, 0.5) is 13.2 Å². The minimum Gasteiger partial charge on any atom is -0.482 e. The van der Waals surface area contributed by atoms with Crippen LogP contribution in [0.5, 0.6) is 5.75 Å². The maximum absolute atomic E-state index is 13.2. The van der Waals surface area contributed by atoms with Crippen molar-refractivity contribution in [3.05, 3.63) is 48.5 Å². The summed E-state index contributed by atoms with van der Waals surface area (Å²) in [6.45, 7) is 8.36. The van der Waals surface area contributed by atoms with Gasteiger partial charge in [0.1, 0.15) is 23.9 Å². The van der Waals surface area contributed by atoms with Gasteiger partial charge >= 0.3 is 13.3 Å². The number of benzene rings is 1. The third-order valence-electron chi connectivity index (χ3n) is 5.98. The summed E-state index contributed by atoms with van der Waals surface area (Å²) < 4.78 is 58.9. The summed E-state index contributed by atoms with van der Waals surface area (Å²) in [5, 5.41) is 0. The van der Waals surface area contributed by atoms with Crippen LogP contribution in [-0.2, 0) is 15.9 Å². The molecule has 0 bridgehead atoms. The molecule has 0 saturated carbocycles. The molecule has 0 aliphatic carbocycles. The zero-order chi connectivity index (χ0) is 23.3. The van der Waals surface area contributed by atoms with Crippen molar-refractivity contribution in [1.29, 1.82) is 0 Å². The van der Waals surface area contributed by atoms with Gasteiger partial charge in [-0.15, -0.1) is 0 Å².